The fourth-order valence-corrected chi connectivity index (χ4v) is 0. The zero-order valence-corrected chi connectivity index (χ0v) is 13.5. The van der Waals surface area contributed by atoms with Gasteiger partial charge >= 0.3 is 134 Å². The van der Waals surface area contributed by atoms with Crippen molar-refractivity contribution in [3.8, 4) is 0 Å². The Labute approximate surface area is 148 Å². The molecule has 8 heavy (non-hydrogen) atoms. The van der Waals surface area contributed by atoms with E-state index in [4.69, 9.17) is 19.2 Å². The van der Waals surface area contributed by atoms with Crippen LogP contribution in [0, 0.1) is 0 Å². The molecule has 0 bridgehead atoms. The van der Waals surface area contributed by atoms with Crippen LogP contribution in [-0.2, 0) is 4.57 Å². The molecule has 0 aliphatic heterocycles. The van der Waals surface area contributed by atoms with E-state index in [0.717, 1.165) is 0 Å². The number of hydrogen-bond acceptors (Lipinski definition) is 1. The first-order valence-corrected chi connectivity index (χ1v) is 2.35. The fourth-order valence-electron chi connectivity index (χ4n) is 0. The minimum absolute atomic E-state index is 0. The van der Waals surface area contributed by atoms with E-state index in [2.05, 4.69) is 0 Å². The minimum atomic E-state index is -4.64. The molecular weight excluding hydrogens is 197 g/mol. The van der Waals surface area contributed by atoms with Crippen LogP contribution in [0.25, 0.3) is 0 Å². The van der Waals surface area contributed by atoms with Crippen molar-refractivity contribution in [1.82, 2.24) is 0 Å². The third kappa shape index (κ3) is 49.3. The predicted molar refractivity (Wildman–Crippen MR) is 20.0 cm³/mol. The van der Waals surface area contributed by atoms with Crippen LogP contribution in [-0.4, -0.2) is 37.7 Å². The summed E-state index contributed by atoms with van der Waals surface area (Å²) < 4.78 is 8.88. The summed E-state index contributed by atoms with van der Waals surface area (Å²) in [6.45, 7) is 0. The second-order valence-electron chi connectivity index (χ2n) is 0.513. The van der Waals surface area contributed by atoms with Crippen molar-refractivity contribution in [1.29, 1.82) is 0 Å². The van der Waals surface area contributed by atoms with E-state index in [1.165, 1.54) is 0 Å². The zero-order chi connectivity index (χ0) is 4.50. The van der Waals surface area contributed by atoms with Gasteiger partial charge < -0.3 is 14.7 Å². The molecule has 0 unspecified atom stereocenters. The number of rotatable bonds is 0. The first-order valence-electron chi connectivity index (χ1n) is 0.783. The van der Waals surface area contributed by atoms with E-state index in [9.17, 15) is 0 Å². The van der Waals surface area contributed by atoms with Gasteiger partial charge in [0.05, 0.1) is 0 Å². The minimum Gasteiger partial charge on any atom is -0.303 e. The van der Waals surface area contributed by atoms with E-state index in [1.54, 1.807) is 0 Å². The summed E-state index contributed by atoms with van der Waals surface area (Å²) in [4.78, 5) is 21.6. The van der Waals surface area contributed by atoms with Gasteiger partial charge in [0.15, 0.2) is 0 Å². The van der Waals surface area contributed by atoms with Crippen molar-refractivity contribution in [2.75, 3.05) is 0 Å². The van der Waals surface area contributed by atoms with E-state index >= 15 is 0 Å². The Morgan fingerprint density at radius 2 is 1.00 bits per heavy atom. The molecule has 0 saturated carbocycles. The van der Waals surface area contributed by atoms with Gasteiger partial charge in [0.1, 0.15) is 0 Å². The standard InChI is InChI=1S/2K.Mg.H3O4P/c;;;1-5(2,3)4/h;;;(H3,1,2,3,4)/q2*+1;+2;. The first-order chi connectivity index (χ1) is 2.00. The maximum Gasteiger partial charge on any atom is 2.00 e. The maximum absolute atomic E-state index is 8.88. The summed E-state index contributed by atoms with van der Waals surface area (Å²) in [5.41, 5.74) is 0. The van der Waals surface area contributed by atoms with Gasteiger partial charge in [0, 0.05) is 0 Å². The Morgan fingerprint density at radius 3 is 1.00 bits per heavy atom. The molecule has 0 aromatic heterocycles. The van der Waals surface area contributed by atoms with Crippen LogP contribution >= 0.6 is 7.82 Å². The molecule has 0 aromatic rings. The van der Waals surface area contributed by atoms with Gasteiger partial charge in [0.25, 0.3) is 0 Å². The van der Waals surface area contributed by atoms with E-state index in [1.807, 2.05) is 0 Å². The SMILES string of the molecule is O=P(O)(O)O.[K+].[K+].[Mg+2]. The van der Waals surface area contributed by atoms with Crippen LogP contribution in [0.5, 0.6) is 0 Å². The molecular formula is H3K2MgO4P+4. The van der Waals surface area contributed by atoms with Crippen LogP contribution in [0.2, 0.25) is 0 Å². The van der Waals surface area contributed by atoms with Gasteiger partial charge in [-0.2, -0.15) is 0 Å². The van der Waals surface area contributed by atoms with Gasteiger partial charge in [-0.05, 0) is 0 Å². The summed E-state index contributed by atoms with van der Waals surface area (Å²) in [7, 11) is -4.64. The molecule has 0 aliphatic rings. The van der Waals surface area contributed by atoms with Crippen molar-refractivity contribution in [2.24, 2.45) is 0 Å². The maximum atomic E-state index is 8.88. The largest absolute Gasteiger partial charge is 2.00 e. The second-order valence-corrected chi connectivity index (χ2v) is 1.54. The fraction of sp³-hybridized carbons (Fsp3) is 0. The Hall–Kier alpha value is 4.15. The Bertz CT molecular complexity index is 60.2. The van der Waals surface area contributed by atoms with Crippen LogP contribution in [0.15, 0.2) is 0 Å². The van der Waals surface area contributed by atoms with Gasteiger partial charge in [-0.1, -0.05) is 0 Å². The van der Waals surface area contributed by atoms with E-state index in [-0.39, 0.29) is 126 Å². The van der Waals surface area contributed by atoms with Crippen LogP contribution in [0.4, 0.5) is 0 Å². The van der Waals surface area contributed by atoms with Gasteiger partial charge in [-0.15, -0.1) is 0 Å². The van der Waals surface area contributed by atoms with Crippen molar-refractivity contribution in [3.63, 3.8) is 0 Å². The van der Waals surface area contributed by atoms with Gasteiger partial charge in [-0.3, -0.25) is 0 Å². The molecule has 0 atom stereocenters. The molecule has 0 heterocycles. The average Bonchev–Trinajstić information content (AvgIpc) is 0.722. The Balaban J connectivity index is -0.0000000267. The molecule has 0 amide bonds. The molecule has 0 radical (unpaired) electrons. The number of hydrogen-bond donors (Lipinski definition) is 3. The Kier molecular flexibility index (Phi) is 31.7. The Morgan fingerprint density at radius 1 is 1.00 bits per heavy atom. The van der Waals surface area contributed by atoms with Crippen molar-refractivity contribution in [3.05, 3.63) is 0 Å². The zero-order valence-electron chi connectivity index (χ0n) is 4.90. The molecule has 8 heteroatoms. The summed E-state index contributed by atoms with van der Waals surface area (Å²) >= 11 is 0. The summed E-state index contributed by atoms with van der Waals surface area (Å²) in [5.74, 6) is 0. The topological polar surface area (TPSA) is 77.8 Å². The average molecular weight is 200 g/mol. The van der Waals surface area contributed by atoms with Gasteiger partial charge in [0.2, 0.25) is 0 Å². The quantitative estimate of drug-likeness (QED) is 0.268. The smallest absolute Gasteiger partial charge is 0.303 e. The van der Waals surface area contributed by atoms with Crippen LogP contribution in [0.1, 0.15) is 0 Å². The molecule has 4 nitrogen and oxygen atoms in total. The van der Waals surface area contributed by atoms with Crippen LogP contribution in [0.3, 0.4) is 0 Å². The molecule has 32 valence electrons. The van der Waals surface area contributed by atoms with Crippen molar-refractivity contribution < 1.29 is 122 Å². The molecule has 0 saturated heterocycles. The summed E-state index contributed by atoms with van der Waals surface area (Å²) in [5, 5.41) is 0. The van der Waals surface area contributed by atoms with Crippen LogP contribution < -0.4 is 103 Å². The molecule has 0 rings (SSSR count). The molecule has 0 aromatic carbocycles. The predicted octanol–water partition coefficient (Wildman–Crippen LogP) is -7.30. The molecule has 0 aliphatic carbocycles. The molecule has 3 N–H and O–H groups in total. The first kappa shape index (κ1) is 22.7. The number of phosphoric acid groups is 1. The molecule has 0 fully saturated rings. The van der Waals surface area contributed by atoms with Crippen molar-refractivity contribution in [2.45, 2.75) is 0 Å². The molecule has 0 spiro atoms. The second kappa shape index (κ2) is 11.1. The monoisotopic (exact) mass is 200 g/mol. The normalized spacial score (nSPS) is 7.38. The van der Waals surface area contributed by atoms with E-state index < -0.39 is 7.82 Å². The van der Waals surface area contributed by atoms with E-state index in [0.29, 0.717) is 0 Å². The van der Waals surface area contributed by atoms with Crippen molar-refractivity contribution >= 4 is 30.9 Å². The third-order valence-electron chi connectivity index (χ3n) is 0. The summed E-state index contributed by atoms with van der Waals surface area (Å²) in [6, 6.07) is 0. The third-order valence-corrected chi connectivity index (χ3v) is 0. The summed E-state index contributed by atoms with van der Waals surface area (Å²) in [6.07, 6.45) is 0. The van der Waals surface area contributed by atoms with Gasteiger partial charge in [-0.25, -0.2) is 4.57 Å².